The Hall–Kier alpha value is -2.21. The van der Waals surface area contributed by atoms with Crippen molar-refractivity contribution in [2.24, 2.45) is 5.73 Å². The summed E-state index contributed by atoms with van der Waals surface area (Å²) in [6.07, 6.45) is 0.247. The highest BCUT2D eigenvalue weighted by molar-refractivity contribution is 5.76. The lowest BCUT2D eigenvalue weighted by Gasteiger charge is -2.18. The van der Waals surface area contributed by atoms with Crippen molar-refractivity contribution in [2.75, 3.05) is 7.05 Å². The van der Waals surface area contributed by atoms with Crippen molar-refractivity contribution >= 4 is 5.91 Å². The first kappa shape index (κ1) is 14.2. The second-order valence-electron chi connectivity index (χ2n) is 4.70. The number of hydrogen-bond acceptors (Lipinski definition) is 5. The van der Waals surface area contributed by atoms with Crippen molar-refractivity contribution in [1.29, 1.82) is 0 Å². The molecule has 6 nitrogen and oxygen atoms in total. The average molecular weight is 274 g/mol. The van der Waals surface area contributed by atoms with E-state index in [2.05, 4.69) is 10.1 Å². The predicted molar refractivity (Wildman–Crippen MR) is 73.5 cm³/mol. The molecule has 6 heteroatoms. The molecule has 1 aromatic carbocycles. The standard InChI is InChI=1S/C14H18N4O2/c1-10-16-13(17-20-10)9-18(2)14(19)8-12(15)11-6-4-3-5-7-11/h3-7,12H,8-9,15H2,1-2H3. The van der Waals surface area contributed by atoms with Gasteiger partial charge < -0.3 is 15.2 Å². The Balaban J connectivity index is 1.91. The first-order valence-electron chi connectivity index (χ1n) is 6.40. The van der Waals surface area contributed by atoms with Gasteiger partial charge in [0, 0.05) is 26.4 Å². The van der Waals surface area contributed by atoms with Gasteiger partial charge in [-0.3, -0.25) is 4.79 Å². The number of aromatic nitrogens is 2. The van der Waals surface area contributed by atoms with E-state index >= 15 is 0 Å². The van der Waals surface area contributed by atoms with E-state index < -0.39 is 0 Å². The normalized spacial score (nSPS) is 12.2. The van der Waals surface area contributed by atoms with Crippen LogP contribution in [0.4, 0.5) is 0 Å². The molecule has 2 N–H and O–H groups in total. The molecule has 1 amide bonds. The highest BCUT2D eigenvalue weighted by Gasteiger charge is 2.16. The van der Waals surface area contributed by atoms with Crippen LogP contribution in [0.15, 0.2) is 34.9 Å². The number of amides is 1. The minimum Gasteiger partial charge on any atom is -0.340 e. The van der Waals surface area contributed by atoms with Crippen LogP contribution in [0.1, 0.15) is 29.7 Å². The zero-order valence-corrected chi connectivity index (χ0v) is 11.6. The molecule has 0 saturated carbocycles. The Morgan fingerprint density at radius 3 is 2.70 bits per heavy atom. The Morgan fingerprint density at radius 2 is 2.10 bits per heavy atom. The molecular formula is C14H18N4O2. The highest BCUT2D eigenvalue weighted by atomic mass is 16.5. The van der Waals surface area contributed by atoms with Crippen LogP contribution in [0, 0.1) is 6.92 Å². The Labute approximate surface area is 117 Å². The molecule has 0 spiro atoms. The number of aryl methyl sites for hydroxylation is 1. The fourth-order valence-electron chi connectivity index (χ4n) is 1.87. The maximum absolute atomic E-state index is 12.1. The third kappa shape index (κ3) is 3.64. The summed E-state index contributed by atoms with van der Waals surface area (Å²) in [5.41, 5.74) is 6.98. The summed E-state index contributed by atoms with van der Waals surface area (Å²) in [6, 6.07) is 9.26. The van der Waals surface area contributed by atoms with E-state index in [-0.39, 0.29) is 18.4 Å². The maximum atomic E-state index is 12.1. The van der Waals surface area contributed by atoms with E-state index in [0.717, 1.165) is 5.56 Å². The van der Waals surface area contributed by atoms with Crippen LogP contribution in [-0.2, 0) is 11.3 Å². The van der Waals surface area contributed by atoms with E-state index in [4.69, 9.17) is 10.3 Å². The summed E-state index contributed by atoms with van der Waals surface area (Å²) in [6.45, 7) is 2.03. The van der Waals surface area contributed by atoms with Crippen LogP contribution in [0.2, 0.25) is 0 Å². The third-order valence-corrected chi connectivity index (χ3v) is 3.00. The summed E-state index contributed by atoms with van der Waals surface area (Å²) in [5.74, 6) is 0.928. The van der Waals surface area contributed by atoms with Crippen molar-refractivity contribution in [2.45, 2.75) is 25.9 Å². The summed E-state index contributed by atoms with van der Waals surface area (Å²) in [4.78, 5) is 17.7. The molecule has 1 aromatic heterocycles. The molecule has 0 bridgehead atoms. The van der Waals surface area contributed by atoms with Gasteiger partial charge in [0.05, 0.1) is 6.54 Å². The van der Waals surface area contributed by atoms with Crippen molar-refractivity contribution in [3.05, 3.63) is 47.6 Å². The second kappa shape index (κ2) is 6.29. The van der Waals surface area contributed by atoms with Gasteiger partial charge in [0.15, 0.2) is 5.82 Å². The Kier molecular flexibility index (Phi) is 4.47. The maximum Gasteiger partial charge on any atom is 0.224 e. The first-order chi connectivity index (χ1) is 9.56. The smallest absolute Gasteiger partial charge is 0.224 e. The van der Waals surface area contributed by atoms with Gasteiger partial charge >= 0.3 is 0 Å². The van der Waals surface area contributed by atoms with Gasteiger partial charge in [-0.05, 0) is 5.56 Å². The topological polar surface area (TPSA) is 85.2 Å². The van der Waals surface area contributed by atoms with E-state index in [9.17, 15) is 4.79 Å². The molecule has 1 heterocycles. The summed E-state index contributed by atoms with van der Waals surface area (Å²) >= 11 is 0. The van der Waals surface area contributed by atoms with Gasteiger partial charge in [-0.15, -0.1) is 0 Å². The van der Waals surface area contributed by atoms with Crippen LogP contribution >= 0.6 is 0 Å². The molecule has 1 unspecified atom stereocenters. The monoisotopic (exact) mass is 274 g/mol. The Bertz CT molecular complexity index is 568. The van der Waals surface area contributed by atoms with Crippen molar-refractivity contribution in [3.63, 3.8) is 0 Å². The van der Waals surface area contributed by atoms with Gasteiger partial charge in [0.1, 0.15) is 0 Å². The fourth-order valence-corrected chi connectivity index (χ4v) is 1.87. The molecule has 0 radical (unpaired) electrons. The number of carbonyl (C=O) groups is 1. The molecule has 0 aliphatic rings. The quantitative estimate of drug-likeness (QED) is 0.891. The van der Waals surface area contributed by atoms with Gasteiger partial charge in [0.2, 0.25) is 11.8 Å². The lowest BCUT2D eigenvalue weighted by atomic mass is 10.0. The Morgan fingerprint density at radius 1 is 1.40 bits per heavy atom. The van der Waals surface area contributed by atoms with Crippen molar-refractivity contribution in [1.82, 2.24) is 15.0 Å². The molecule has 106 valence electrons. The SMILES string of the molecule is Cc1nc(CN(C)C(=O)CC(N)c2ccccc2)no1. The van der Waals surface area contributed by atoms with E-state index in [1.54, 1.807) is 18.9 Å². The molecule has 20 heavy (non-hydrogen) atoms. The number of nitrogens with zero attached hydrogens (tertiary/aromatic N) is 3. The number of benzene rings is 1. The van der Waals surface area contributed by atoms with Crippen molar-refractivity contribution < 1.29 is 9.32 Å². The number of nitrogens with two attached hydrogens (primary N) is 1. The largest absolute Gasteiger partial charge is 0.340 e. The van der Waals surface area contributed by atoms with E-state index in [1.165, 1.54) is 0 Å². The zero-order valence-electron chi connectivity index (χ0n) is 11.6. The summed E-state index contributed by atoms with van der Waals surface area (Å²) < 4.78 is 4.87. The minimum atomic E-state index is -0.307. The number of hydrogen-bond donors (Lipinski definition) is 1. The van der Waals surface area contributed by atoms with E-state index in [1.807, 2.05) is 30.3 Å². The predicted octanol–water partition coefficient (Wildman–Crippen LogP) is 1.43. The number of carbonyl (C=O) groups excluding carboxylic acids is 1. The zero-order chi connectivity index (χ0) is 14.5. The van der Waals surface area contributed by atoms with Gasteiger partial charge in [-0.2, -0.15) is 4.98 Å². The summed E-state index contributed by atoms with van der Waals surface area (Å²) in [5, 5.41) is 3.76. The molecule has 0 aliphatic carbocycles. The van der Waals surface area contributed by atoms with Gasteiger partial charge in [-0.1, -0.05) is 35.5 Å². The van der Waals surface area contributed by atoms with Crippen LogP contribution in [0.3, 0.4) is 0 Å². The van der Waals surface area contributed by atoms with Gasteiger partial charge in [0.25, 0.3) is 0 Å². The second-order valence-corrected chi connectivity index (χ2v) is 4.70. The van der Waals surface area contributed by atoms with Crippen molar-refractivity contribution in [3.8, 4) is 0 Å². The molecule has 0 saturated heterocycles. The fraction of sp³-hybridized carbons (Fsp3) is 0.357. The lowest BCUT2D eigenvalue weighted by Crippen LogP contribution is -2.29. The van der Waals surface area contributed by atoms with E-state index in [0.29, 0.717) is 18.3 Å². The van der Waals surface area contributed by atoms with Crippen LogP contribution < -0.4 is 5.73 Å². The molecule has 0 aliphatic heterocycles. The highest BCUT2D eigenvalue weighted by Crippen LogP contribution is 2.14. The van der Waals surface area contributed by atoms with Crippen LogP contribution in [0.5, 0.6) is 0 Å². The third-order valence-electron chi connectivity index (χ3n) is 3.00. The molecule has 2 aromatic rings. The molecule has 1 atom stereocenters. The van der Waals surface area contributed by atoms with Crippen LogP contribution in [0.25, 0.3) is 0 Å². The molecule has 2 rings (SSSR count). The lowest BCUT2D eigenvalue weighted by molar-refractivity contribution is -0.130. The summed E-state index contributed by atoms with van der Waals surface area (Å²) in [7, 11) is 1.70. The molecule has 0 fully saturated rings. The van der Waals surface area contributed by atoms with Gasteiger partial charge in [-0.25, -0.2) is 0 Å². The first-order valence-corrected chi connectivity index (χ1v) is 6.40. The van der Waals surface area contributed by atoms with Crippen LogP contribution in [-0.4, -0.2) is 28.0 Å². The molecular weight excluding hydrogens is 256 g/mol. The minimum absolute atomic E-state index is 0.0520. The number of rotatable bonds is 5. The average Bonchev–Trinajstić information content (AvgIpc) is 2.85.